The third-order valence-electron chi connectivity index (χ3n) is 3.67. The van der Waals surface area contributed by atoms with Crippen molar-refractivity contribution in [3.63, 3.8) is 0 Å². The van der Waals surface area contributed by atoms with Gasteiger partial charge < -0.3 is 9.80 Å². The number of anilines is 1. The van der Waals surface area contributed by atoms with Gasteiger partial charge in [-0.1, -0.05) is 13.0 Å². The first kappa shape index (κ1) is 16.3. The van der Waals surface area contributed by atoms with Crippen molar-refractivity contribution in [2.45, 2.75) is 25.2 Å². The fourth-order valence-electron chi connectivity index (χ4n) is 2.39. The molecule has 0 amide bonds. The number of likely N-dealkylation sites (N-methyl/N-ethyl adjacent to an activating group) is 1. The van der Waals surface area contributed by atoms with Gasteiger partial charge in [0, 0.05) is 26.2 Å². The molecule has 0 radical (unpaired) electrons. The van der Waals surface area contributed by atoms with Gasteiger partial charge in [0.15, 0.2) is 0 Å². The molecule has 2 rings (SSSR count). The summed E-state index contributed by atoms with van der Waals surface area (Å²) in [6.45, 7) is 7.62. The molecule has 1 aromatic rings. The Morgan fingerprint density at radius 1 is 1.19 bits per heavy atom. The third kappa shape index (κ3) is 3.96. The number of hydrogen-bond donors (Lipinski definition) is 0. The smallest absolute Gasteiger partial charge is 0.299 e. The van der Waals surface area contributed by atoms with E-state index in [-0.39, 0.29) is 11.5 Å². The summed E-state index contributed by atoms with van der Waals surface area (Å²) in [4.78, 5) is 4.66. The van der Waals surface area contributed by atoms with E-state index in [1.807, 2.05) is 26.0 Å². The van der Waals surface area contributed by atoms with Gasteiger partial charge in [-0.05, 0) is 38.1 Å². The van der Waals surface area contributed by atoms with Gasteiger partial charge in [-0.15, -0.1) is 0 Å². The molecule has 1 aromatic carbocycles. The maximum absolute atomic E-state index is 12.4. The van der Waals surface area contributed by atoms with Gasteiger partial charge in [0.25, 0.3) is 10.1 Å². The Hall–Kier alpha value is -1.11. The number of nitrogens with zero attached hydrogens (tertiary/aromatic N) is 2. The van der Waals surface area contributed by atoms with Gasteiger partial charge in [0.2, 0.25) is 0 Å². The van der Waals surface area contributed by atoms with Gasteiger partial charge in [-0.2, -0.15) is 8.42 Å². The Morgan fingerprint density at radius 3 is 2.48 bits per heavy atom. The Labute approximate surface area is 127 Å². The number of hydrogen-bond acceptors (Lipinski definition) is 5. The van der Waals surface area contributed by atoms with Crippen molar-refractivity contribution in [2.75, 3.05) is 44.7 Å². The first-order valence-electron chi connectivity index (χ1n) is 7.37. The lowest BCUT2D eigenvalue weighted by Crippen LogP contribution is -2.45. The molecule has 5 nitrogen and oxygen atoms in total. The second-order valence-electron chi connectivity index (χ2n) is 5.54. The van der Waals surface area contributed by atoms with Crippen molar-refractivity contribution in [1.29, 1.82) is 0 Å². The molecule has 118 valence electrons. The minimum Gasteiger partial charge on any atom is -0.368 e. The van der Waals surface area contributed by atoms with Crippen LogP contribution in [0.4, 0.5) is 5.69 Å². The molecular formula is C15H24N2O3S. The van der Waals surface area contributed by atoms with Crippen molar-refractivity contribution in [3.8, 4) is 0 Å². The number of benzene rings is 1. The fourth-order valence-corrected chi connectivity index (χ4v) is 3.58. The Bertz CT molecular complexity index is 579. The zero-order valence-corrected chi connectivity index (χ0v) is 13.8. The van der Waals surface area contributed by atoms with Crippen LogP contribution in [-0.4, -0.2) is 53.2 Å². The maximum atomic E-state index is 12.4. The predicted octanol–water partition coefficient (Wildman–Crippen LogP) is 1.86. The summed E-state index contributed by atoms with van der Waals surface area (Å²) in [5.41, 5.74) is 1.82. The van der Waals surface area contributed by atoms with Gasteiger partial charge in [-0.3, -0.25) is 4.18 Å². The molecule has 21 heavy (non-hydrogen) atoms. The largest absolute Gasteiger partial charge is 0.368 e. The first-order valence-corrected chi connectivity index (χ1v) is 8.78. The van der Waals surface area contributed by atoms with Crippen LogP contribution in [0.2, 0.25) is 0 Å². The average molecular weight is 312 g/mol. The van der Waals surface area contributed by atoms with E-state index in [2.05, 4.69) is 16.8 Å². The minimum absolute atomic E-state index is 0.221. The second-order valence-corrected chi connectivity index (χ2v) is 7.12. The first-order chi connectivity index (χ1) is 9.94. The van der Waals surface area contributed by atoms with Gasteiger partial charge in [-0.25, -0.2) is 0 Å². The highest BCUT2D eigenvalue weighted by Crippen LogP contribution is 2.28. The van der Waals surface area contributed by atoms with Gasteiger partial charge in [0.05, 0.1) is 12.3 Å². The van der Waals surface area contributed by atoms with Crippen LogP contribution in [0.1, 0.15) is 18.9 Å². The Balaban J connectivity index is 2.34. The minimum atomic E-state index is -3.69. The maximum Gasteiger partial charge on any atom is 0.299 e. The fraction of sp³-hybridized carbons (Fsp3) is 0.600. The highest BCUT2D eigenvalue weighted by Gasteiger charge is 2.24. The summed E-state index contributed by atoms with van der Waals surface area (Å²) in [7, 11) is -1.61. The van der Waals surface area contributed by atoms with Crippen LogP contribution in [-0.2, 0) is 14.3 Å². The molecule has 0 N–H and O–H groups in total. The molecule has 0 spiro atoms. The van der Waals surface area contributed by atoms with Crippen LogP contribution in [0.5, 0.6) is 0 Å². The van der Waals surface area contributed by atoms with Crippen LogP contribution >= 0.6 is 0 Å². The standard InChI is InChI=1S/C15H24N2O3S/c1-4-11-20-21(18,19)15-6-5-13(2)12-14(15)17-9-7-16(3)8-10-17/h5-6,12H,4,7-11H2,1-3H3. The SMILES string of the molecule is CCCOS(=O)(=O)c1ccc(C)cc1N1CCN(C)CC1. The average Bonchev–Trinajstić information content (AvgIpc) is 2.45. The summed E-state index contributed by atoms with van der Waals surface area (Å²) in [5.74, 6) is 0. The van der Waals surface area contributed by atoms with E-state index in [1.54, 1.807) is 6.07 Å². The van der Waals surface area contributed by atoms with E-state index >= 15 is 0 Å². The van der Waals surface area contributed by atoms with Crippen LogP contribution in [0.25, 0.3) is 0 Å². The molecule has 0 bridgehead atoms. The summed E-state index contributed by atoms with van der Waals surface area (Å²) < 4.78 is 29.8. The second kappa shape index (κ2) is 6.77. The monoisotopic (exact) mass is 312 g/mol. The Kier molecular flexibility index (Phi) is 5.24. The molecule has 0 atom stereocenters. The summed E-state index contributed by atoms with van der Waals surface area (Å²) in [6.07, 6.45) is 0.676. The van der Waals surface area contributed by atoms with Crippen LogP contribution in [0, 0.1) is 6.92 Å². The predicted molar refractivity (Wildman–Crippen MR) is 84.3 cm³/mol. The van der Waals surface area contributed by atoms with Crippen LogP contribution < -0.4 is 4.90 Å². The van der Waals surface area contributed by atoms with Crippen molar-refractivity contribution >= 4 is 15.8 Å². The Morgan fingerprint density at radius 2 is 1.86 bits per heavy atom. The molecule has 0 unspecified atom stereocenters. The van der Waals surface area contributed by atoms with Gasteiger partial charge >= 0.3 is 0 Å². The zero-order valence-electron chi connectivity index (χ0n) is 13.0. The molecule has 0 saturated carbocycles. The lowest BCUT2D eigenvalue weighted by Gasteiger charge is -2.35. The van der Waals surface area contributed by atoms with E-state index < -0.39 is 10.1 Å². The normalized spacial score (nSPS) is 17.2. The molecule has 1 saturated heterocycles. The number of rotatable bonds is 5. The van der Waals surface area contributed by atoms with Crippen molar-refractivity contribution in [2.24, 2.45) is 0 Å². The third-order valence-corrected chi connectivity index (χ3v) is 5.03. The number of piperazine rings is 1. The number of aryl methyl sites for hydroxylation is 1. The summed E-state index contributed by atoms with van der Waals surface area (Å²) in [6, 6.07) is 5.42. The molecule has 1 fully saturated rings. The van der Waals surface area contributed by atoms with E-state index in [1.165, 1.54) is 0 Å². The van der Waals surface area contributed by atoms with E-state index in [0.29, 0.717) is 6.42 Å². The van der Waals surface area contributed by atoms with E-state index in [9.17, 15) is 8.42 Å². The molecule has 6 heteroatoms. The lowest BCUT2D eigenvalue weighted by molar-refractivity contribution is 0.310. The van der Waals surface area contributed by atoms with E-state index in [4.69, 9.17) is 4.18 Å². The molecule has 1 heterocycles. The zero-order chi connectivity index (χ0) is 15.5. The molecular weight excluding hydrogens is 288 g/mol. The molecule has 0 aliphatic carbocycles. The van der Waals surface area contributed by atoms with Crippen molar-refractivity contribution in [1.82, 2.24) is 4.90 Å². The molecule has 1 aliphatic rings. The molecule has 1 aliphatic heterocycles. The lowest BCUT2D eigenvalue weighted by atomic mass is 10.2. The van der Waals surface area contributed by atoms with Crippen molar-refractivity contribution in [3.05, 3.63) is 23.8 Å². The van der Waals surface area contributed by atoms with Crippen molar-refractivity contribution < 1.29 is 12.6 Å². The highest BCUT2D eigenvalue weighted by atomic mass is 32.2. The van der Waals surface area contributed by atoms with Gasteiger partial charge in [0.1, 0.15) is 4.90 Å². The summed E-state index contributed by atoms with van der Waals surface area (Å²) >= 11 is 0. The quantitative estimate of drug-likeness (QED) is 0.777. The van der Waals surface area contributed by atoms with E-state index in [0.717, 1.165) is 37.4 Å². The highest BCUT2D eigenvalue weighted by molar-refractivity contribution is 7.87. The van der Waals surface area contributed by atoms with Crippen LogP contribution in [0.15, 0.2) is 23.1 Å². The topological polar surface area (TPSA) is 49.9 Å². The van der Waals surface area contributed by atoms with Crippen LogP contribution in [0.3, 0.4) is 0 Å². The molecule has 0 aromatic heterocycles. The summed E-state index contributed by atoms with van der Waals surface area (Å²) in [5, 5.41) is 0.